The highest BCUT2D eigenvalue weighted by molar-refractivity contribution is 7.80. The third-order valence-electron chi connectivity index (χ3n) is 3.14. The second kappa shape index (κ2) is 7.45. The molecule has 1 aromatic carbocycles. The van der Waals surface area contributed by atoms with Crippen LogP contribution in [-0.4, -0.2) is 42.5 Å². The van der Waals surface area contributed by atoms with E-state index in [0.29, 0.717) is 23.7 Å². The lowest BCUT2D eigenvalue weighted by atomic mass is 10.1. The number of halogens is 1. The van der Waals surface area contributed by atoms with Crippen molar-refractivity contribution in [1.82, 2.24) is 4.90 Å². The SMILES string of the molecule is CCN(CC)C(=O)CN(C)c1cccc(Cl)c1C(N)=S. The molecule has 1 amide bonds. The number of likely N-dealkylation sites (N-methyl/N-ethyl adjacent to an activating group) is 2. The first-order valence-electron chi connectivity index (χ1n) is 6.49. The average Bonchev–Trinajstić information content (AvgIpc) is 2.39. The molecule has 0 spiro atoms. The molecule has 0 saturated heterocycles. The molecule has 0 aliphatic rings. The molecular formula is C14H20ClN3OS. The highest BCUT2D eigenvalue weighted by Gasteiger charge is 2.17. The molecule has 1 aromatic rings. The summed E-state index contributed by atoms with van der Waals surface area (Å²) in [7, 11) is 1.83. The topological polar surface area (TPSA) is 49.6 Å². The molecule has 0 aliphatic heterocycles. The van der Waals surface area contributed by atoms with Gasteiger partial charge in [0.2, 0.25) is 5.91 Å². The standard InChI is InChI=1S/C14H20ClN3OS/c1-4-18(5-2)12(19)9-17(3)11-8-6-7-10(15)13(11)14(16)20/h6-8H,4-5,9H2,1-3H3,(H2,16,20). The fourth-order valence-electron chi connectivity index (χ4n) is 2.04. The van der Waals surface area contributed by atoms with Crippen LogP contribution in [0.4, 0.5) is 5.69 Å². The van der Waals surface area contributed by atoms with Gasteiger partial charge in [-0.2, -0.15) is 0 Å². The Labute approximate surface area is 130 Å². The molecule has 6 heteroatoms. The lowest BCUT2D eigenvalue weighted by Crippen LogP contribution is -2.39. The Kier molecular flexibility index (Phi) is 6.23. The number of nitrogens with zero attached hydrogens (tertiary/aromatic N) is 2. The first-order valence-corrected chi connectivity index (χ1v) is 7.28. The van der Waals surface area contributed by atoms with Gasteiger partial charge in [-0.05, 0) is 26.0 Å². The van der Waals surface area contributed by atoms with E-state index in [9.17, 15) is 4.79 Å². The number of anilines is 1. The molecule has 2 N–H and O–H groups in total. The lowest BCUT2D eigenvalue weighted by molar-refractivity contribution is -0.129. The minimum absolute atomic E-state index is 0.0614. The Morgan fingerprint density at radius 2 is 1.95 bits per heavy atom. The molecule has 0 fully saturated rings. The van der Waals surface area contributed by atoms with Crippen LogP contribution >= 0.6 is 23.8 Å². The Balaban J connectivity index is 2.99. The summed E-state index contributed by atoms with van der Waals surface area (Å²) < 4.78 is 0. The molecule has 0 unspecified atom stereocenters. The molecule has 0 bridgehead atoms. The van der Waals surface area contributed by atoms with Gasteiger partial charge >= 0.3 is 0 Å². The Bertz CT molecular complexity index is 503. The fourth-order valence-corrected chi connectivity index (χ4v) is 2.58. The van der Waals surface area contributed by atoms with Crippen molar-refractivity contribution in [3.8, 4) is 0 Å². The predicted molar refractivity (Wildman–Crippen MR) is 88.5 cm³/mol. The molecule has 4 nitrogen and oxygen atoms in total. The van der Waals surface area contributed by atoms with Crippen LogP contribution in [0.2, 0.25) is 5.02 Å². The average molecular weight is 314 g/mol. The van der Waals surface area contributed by atoms with E-state index in [2.05, 4.69) is 0 Å². The molecule has 0 heterocycles. The van der Waals surface area contributed by atoms with Crippen LogP contribution in [0, 0.1) is 0 Å². The quantitative estimate of drug-likeness (QED) is 0.819. The summed E-state index contributed by atoms with van der Waals surface area (Å²) >= 11 is 11.2. The van der Waals surface area contributed by atoms with E-state index >= 15 is 0 Å². The smallest absolute Gasteiger partial charge is 0.242 e. The summed E-state index contributed by atoms with van der Waals surface area (Å²) in [4.78, 5) is 16.0. The molecule has 0 aromatic heterocycles. The summed E-state index contributed by atoms with van der Waals surface area (Å²) in [6, 6.07) is 5.41. The van der Waals surface area contributed by atoms with Crippen molar-refractivity contribution in [2.24, 2.45) is 5.73 Å². The van der Waals surface area contributed by atoms with Crippen molar-refractivity contribution in [2.45, 2.75) is 13.8 Å². The van der Waals surface area contributed by atoms with Crippen LogP contribution in [0.3, 0.4) is 0 Å². The van der Waals surface area contributed by atoms with Gasteiger partial charge in [0.25, 0.3) is 0 Å². The third-order valence-corrected chi connectivity index (χ3v) is 3.66. The van der Waals surface area contributed by atoms with Crippen LogP contribution in [0.25, 0.3) is 0 Å². The number of nitrogens with two attached hydrogens (primary N) is 1. The molecule has 0 saturated carbocycles. The number of benzene rings is 1. The summed E-state index contributed by atoms with van der Waals surface area (Å²) in [6.07, 6.45) is 0. The van der Waals surface area contributed by atoms with Gasteiger partial charge in [-0.15, -0.1) is 0 Å². The van der Waals surface area contributed by atoms with E-state index in [1.165, 1.54) is 0 Å². The fraction of sp³-hybridized carbons (Fsp3) is 0.429. The molecule has 20 heavy (non-hydrogen) atoms. The number of hydrogen-bond acceptors (Lipinski definition) is 3. The second-order valence-corrected chi connectivity index (χ2v) is 5.27. The first kappa shape index (κ1) is 16.7. The normalized spacial score (nSPS) is 10.2. The minimum atomic E-state index is 0.0614. The van der Waals surface area contributed by atoms with E-state index in [4.69, 9.17) is 29.6 Å². The molecule has 110 valence electrons. The first-order chi connectivity index (χ1) is 9.42. The Morgan fingerprint density at radius 1 is 1.35 bits per heavy atom. The Hall–Kier alpha value is -1.33. The number of carbonyl (C=O) groups excluding carboxylic acids is 1. The maximum atomic E-state index is 12.1. The molecule has 0 atom stereocenters. The van der Waals surface area contributed by atoms with Gasteiger partial charge in [-0.3, -0.25) is 4.79 Å². The largest absolute Gasteiger partial charge is 0.389 e. The van der Waals surface area contributed by atoms with E-state index in [0.717, 1.165) is 5.69 Å². The van der Waals surface area contributed by atoms with E-state index in [1.807, 2.05) is 37.9 Å². The number of amides is 1. The maximum absolute atomic E-state index is 12.1. The monoisotopic (exact) mass is 313 g/mol. The second-order valence-electron chi connectivity index (χ2n) is 4.42. The van der Waals surface area contributed by atoms with Gasteiger partial charge in [0.15, 0.2) is 0 Å². The summed E-state index contributed by atoms with van der Waals surface area (Å²) in [5, 5.41) is 0.497. The van der Waals surface area contributed by atoms with Crippen molar-refractivity contribution in [3.05, 3.63) is 28.8 Å². The van der Waals surface area contributed by atoms with Gasteiger partial charge in [0.1, 0.15) is 4.99 Å². The van der Waals surface area contributed by atoms with Crippen LogP contribution in [0.1, 0.15) is 19.4 Å². The zero-order valence-corrected chi connectivity index (χ0v) is 13.6. The molecule has 1 rings (SSSR count). The van der Waals surface area contributed by atoms with Gasteiger partial charge < -0.3 is 15.5 Å². The van der Waals surface area contributed by atoms with E-state index < -0.39 is 0 Å². The van der Waals surface area contributed by atoms with Gasteiger partial charge in [-0.25, -0.2) is 0 Å². The van der Waals surface area contributed by atoms with Gasteiger partial charge in [-0.1, -0.05) is 29.9 Å². The maximum Gasteiger partial charge on any atom is 0.242 e. The van der Waals surface area contributed by atoms with Crippen LogP contribution in [0.15, 0.2) is 18.2 Å². The number of rotatable bonds is 6. The van der Waals surface area contributed by atoms with Crippen molar-refractivity contribution >= 4 is 40.4 Å². The van der Waals surface area contributed by atoms with E-state index in [-0.39, 0.29) is 17.4 Å². The lowest BCUT2D eigenvalue weighted by Gasteiger charge is -2.26. The summed E-state index contributed by atoms with van der Waals surface area (Å²) in [5.41, 5.74) is 7.10. The van der Waals surface area contributed by atoms with Crippen molar-refractivity contribution in [3.63, 3.8) is 0 Å². The van der Waals surface area contributed by atoms with Gasteiger partial charge in [0, 0.05) is 25.8 Å². The molecule has 0 radical (unpaired) electrons. The number of carbonyl (C=O) groups is 1. The van der Waals surface area contributed by atoms with Crippen molar-refractivity contribution < 1.29 is 4.79 Å². The zero-order valence-electron chi connectivity index (χ0n) is 12.0. The van der Waals surface area contributed by atoms with Crippen molar-refractivity contribution in [2.75, 3.05) is 31.6 Å². The number of thiocarbonyl (C=S) groups is 1. The van der Waals surface area contributed by atoms with Crippen LogP contribution in [0.5, 0.6) is 0 Å². The highest BCUT2D eigenvalue weighted by atomic mass is 35.5. The van der Waals surface area contributed by atoms with Crippen LogP contribution in [-0.2, 0) is 4.79 Å². The summed E-state index contributed by atoms with van der Waals surface area (Å²) in [6.45, 7) is 5.57. The highest BCUT2D eigenvalue weighted by Crippen LogP contribution is 2.26. The van der Waals surface area contributed by atoms with Crippen molar-refractivity contribution in [1.29, 1.82) is 0 Å². The summed E-state index contributed by atoms with van der Waals surface area (Å²) in [5.74, 6) is 0.0614. The zero-order chi connectivity index (χ0) is 15.3. The molecular weight excluding hydrogens is 294 g/mol. The third kappa shape index (κ3) is 3.84. The minimum Gasteiger partial charge on any atom is -0.389 e. The predicted octanol–water partition coefficient (Wildman–Crippen LogP) is 2.28. The number of hydrogen-bond donors (Lipinski definition) is 1. The van der Waals surface area contributed by atoms with Gasteiger partial charge in [0.05, 0.1) is 17.1 Å². The van der Waals surface area contributed by atoms with E-state index in [1.54, 1.807) is 11.0 Å². The Morgan fingerprint density at radius 3 is 2.45 bits per heavy atom. The molecule has 0 aliphatic carbocycles. The van der Waals surface area contributed by atoms with Crippen LogP contribution < -0.4 is 10.6 Å².